The van der Waals surface area contributed by atoms with E-state index in [1.807, 2.05) is 0 Å². The topological polar surface area (TPSA) is 97.6 Å². The van der Waals surface area contributed by atoms with Crippen LogP contribution in [0.3, 0.4) is 0 Å². The first-order chi connectivity index (χ1) is 19.1. The summed E-state index contributed by atoms with van der Waals surface area (Å²) in [6.07, 6.45) is 1.59. The van der Waals surface area contributed by atoms with E-state index in [0.717, 1.165) is 11.3 Å². The number of methoxy groups -OCH3 is 3. The highest BCUT2D eigenvalue weighted by Crippen LogP contribution is 2.40. The molecular formula is C27H25BrF2N2O7S. The van der Waals surface area contributed by atoms with Gasteiger partial charge < -0.3 is 23.7 Å². The van der Waals surface area contributed by atoms with Gasteiger partial charge in [-0.15, -0.1) is 0 Å². The van der Waals surface area contributed by atoms with Gasteiger partial charge in [0.1, 0.15) is 0 Å². The SMILES string of the molecule is CCOC(=O)C1=C(C)N=c2s/c(=C/c3ccc(OC(F)F)c(OC)c3)c(=O)n2[C@@H]1c1cc(OC)c(OC)cc1Br. The van der Waals surface area contributed by atoms with Crippen LogP contribution in [0.2, 0.25) is 0 Å². The number of allylic oxidation sites excluding steroid dienone is 1. The largest absolute Gasteiger partial charge is 0.493 e. The van der Waals surface area contributed by atoms with Crippen molar-refractivity contribution in [3.8, 4) is 23.0 Å². The monoisotopic (exact) mass is 638 g/mol. The number of ether oxygens (including phenoxy) is 5. The van der Waals surface area contributed by atoms with Crippen LogP contribution in [0.25, 0.3) is 6.08 Å². The summed E-state index contributed by atoms with van der Waals surface area (Å²) in [4.78, 5) is 32.0. The molecule has 13 heteroatoms. The molecule has 3 aromatic rings. The summed E-state index contributed by atoms with van der Waals surface area (Å²) in [5, 5.41) is 0. The van der Waals surface area contributed by atoms with Crippen LogP contribution in [-0.4, -0.2) is 45.1 Å². The number of hydrogen-bond donors (Lipinski definition) is 0. The first-order valence-electron chi connectivity index (χ1n) is 11.9. The fourth-order valence-electron chi connectivity index (χ4n) is 4.28. The number of benzene rings is 2. The maximum atomic E-state index is 13.9. The predicted molar refractivity (Wildman–Crippen MR) is 147 cm³/mol. The van der Waals surface area contributed by atoms with E-state index < -0.39 is 24.2 Å². The van der Waals surface area contributed by atoms with Crippen molar-refractivity contribution in [3.63, 3.8) is 0 Å². The van der Waals surface area contributed by atoms with Crippen LogP contribution in [-0.2, 0) is 9.53 Å². The average molecular weight is 639 g/mol. The Morgan fingerprint density at radius 3 is 2.38 bits per heavy atom. The van der Waals surface area contributed by atoms with Gasteiger partial charge >= 0.3 is 12.6 Å². The third-order valence-corrected chi connectivity index (χ3v) is 7.69. The van der Waals surface area contributed by atoms with Crippen LogP contribution >= 0.6 is 27.3 Å². The summed E-state index contributed by atoms with van der Waals surface area (Å²) < 4.78 is 53.7. The molecule has 2 heterocycles. The van der Waals surface area contributed by atoms with E-state index in [2.05, 4.69) is 25.7 Å². The average Bonchev–Trinajstić information content (AvgIpc) is 3.22. The minimum atomic E-state index is -3.02. The number of aromatic nitrogens is 1. The molecule has 0 saturated carbocycles. The number of hydrogen-bond acceptors (Lipinski definition) is 9. The highest BCUT2D eigenvalue weighted by Gasteiger charge is 2.35. The molecule has 40 heavy (non-hydrogen) atoms. The van der Waals surface area contributed by atoms with Gasteiger partial charge in [0.15, 0.2) is 27.8 Å². The third kappa shape index (κ3) is 5.61. The van der Waals surface area contributed by atoms with Gasteiger partial charge in [0, 0.05) is 4.47 Å². The van der Waals surface area contributed by atoms with Crippen molar-refractivity contribution in [2.45, 2.75) is 26.5 Å². The molecule has 1 atom stereocenters. The van der Waals surface area contributed by atoms with E-state index in [-0.39, 0.29) is 23.7 Å². The second-order valence-corrected chi connectivity index (χ2v) is 10.2. The Hall–Kier alpha value is -3.71. The zero-order valence-corrected chi connectivity index (χ0v) is 24.5. The molecule has 1 aromatic heterocycles. The molecular weight excluding hydrogens is 614 g/mol. The molecule has 0 fully saturated rings. The van der Waals surface area contributed by atoms with Gasteiger partial charge in [0.05, 0.1) is 49.8 Å². The van der Waals surface area contributed by atoms with Gasteiger partial charge in [-0.25, -0.2) is 9.79 Å². The highest BCUT2D eigenvalue weighted by molar-refractivity contribution is 9.10. The summed E-state index contributed by atoms with van der Waals surface area (Å²) >= 11 is 4.68. The van der Waals surface area contributed by atoms with Crippen molar-refractivity contribution in [1.82, 2.24) is 4.57 Å². The van der Waals surface area contributed by atoms with Crippen LogP contribution < -0.4 is 33.8 Å². The van der Waals surface area contributed by atoms with E-state index in [0.29, 0.717) is 42.1 Å². The zero-order valence-electron chi connectivity index (χ0n) is 22.1. The Morgan fingerprint density at radius 1 is 1.10 bits per heavy atom. The maximum Gasteiger partial charge on any atom is 0.387 e. The van der Waals surface area contributed by atoms with Crippen LogP contribution in [0, 0.1) is 0 Å². The van der Waals surface area contributed by atoms with Crippen molar-refractivity contribution >= 4 is 39.3 Å². The molecule has 0 radical (unpaired) electrons. The van der Waals surface area contributed by atoms with Gasteiger partial charge in [-0.3, -0.25) is 9.36 Å². The van der Waals surface area contributed by atoms with Crippen LogP contribution in [0.4, 0.5) is 8.78 Å². The molecule has 0 spiro atoms. The quantitative estimate of drug-likeness (QED) is 0.324. The molecule has 4 rings (SSSR count). The number of thiazole rings is 1. The second-order valence-electron chi connectivity index (χ2n) is 8.32. The molecule has 0 bridgehead atoms. The lowest BCUT2D eigenvalue weighted by Gasteiger charge is -2.26. The van der Waals surface area contributed by atoms with Crippen molar-refractivity contribution < 1.29 is 37.3 Å². The molecule has 9 nitrogen and oxygen atoms in total. The van der Waals surface area contributed by atoms with E-state index in [1.165, 1.54) is 44.1 Å². The minimum absolute atomic E-state index is 0.0782. The number of rotatable bonds is 9. The van der Waals surface area contributed by atoms with Gasteiger partial charge in [-0.05, 0) is 55.3 Å². The van der Waals surface area contributed by atoms with Gasteiger partial charge in [0.25, 0.3) is 5.56 Å². The smallest absolute Gasteiger partial charge is 0.387 e. The second kappa shape index (κ2) is 12.2. The summed E-state index contributed by atoms with van der Waals surface area (Å²) in [7, 11) is 4.31. The molecule has 0 unspecified atom stereocenters. The predicted octanol–water partition coefficient (Wildman–Crippen LogP) is 4.19. The summed E-state index contributed by atoms with van der Waals surface area (Å²) in [5.74, 6) is 0.193. The normalized spacial score (nSPS) is 15.0. The third-order valence-electron chi connectivity index (χ3n) is 6.02. The highest BCUT2D eigenvalue weighted by atomic mass is 79.9. The number of carbonyl (C=O) groups is 1. The number of halogens is 3. The fraction of sp³-hybridized carbons (Fsp3) is 0.296. The Balaban J connectivity index is 1.95. The Morgan fingerprint density at radius 2 is 1.75 bits per heavy atom. The number of carbonyl (C=O) groups excluding carboxylic acids is 1. The lowest BCUT2D eigenvalue weighted by atomic mass is 9.95. The zero-order chi connectivity index (χ0) is 29.1. The van der Waals surface area contributed by atoms with Crippen molar-refractivity contribution in [3.05, 3.63) is 76.9 Å². The summed E-state index contributed by atoms with van der Waals surface area (Å²) in [6.45, 7) is 0.483. The first-order valence-corrected chi connectivity index (χ1v) is 13.5. The van der Waals surface area contributed by atoms with Crippen LogP contribution in [0.5, 0.6) is 23.0 Å². The molecule has 212 valence electrons. The lowest BCUT2D eigenvalue weighted by molar-refractivity contribution is -0.139. The minimum Gasteiger partial charge on any atom is -0.493 e. The molecule has 1 aliphatic heterocycles. The number of alkyl halides is 2. The first kappa shape index (κ1) is 29.3. The number of fused-ring (bicyclic) bond motifs is 1. The molecule has 0 amide bonds. The summed E-state index contributed by atoms with van der Waals surface area (Å²) in [6, 6.07) is 6.82. The van der Waals surface area contributed by atoms with E-state index in [4.69, 9.17) is 18.9 Å². The molecule has 1 aliphatic rings. The van der Waals surface area contributed by atoms with E-state index in [1.54, 1.807) is 32.1 Å². The molecule has 0 N–H and O–H groups in total. The Bertz CT molecular complexity index is 1670. The maximum absolute atomic E-state index is 13.9. The molecule has 2 aromatic carbocycles. The molecule has 0 saturated heterocycles. The number of esters is 1. The van der Waals surface area contributed by atoms with Gasteiger partial charge in [0.2, 0.25) is 0 Å². The summed E-state index contributed by atoms with van der Waals surface area (Å²) in [5.41, 5.74) is 1.24. The van der Waals surface area contributed by atoms with Crippen LogP contribution in [0.1, 0.15) is 31.0 Å². The molecule has 0 aliphatic carbocycles. The van der Waals surface area contributed by atoms with Gasteiger partial charge in [-0.1, -0.05) is 33.3 Å². The standard InChI is InChI=1S/C27H25BrF2N2O7S/c1-6-38-25(34)22-13(2)31-27-32(23(22)15-11-19(36-4)20(37-5)12-16(15)28)24(33)21(40-27)10-14-7-8-17(39-26(29)30)18(9-14)35-3/h7-12,23,26H,6H2,1-5H3/b21-10+/t23-/m1/s1. The Labute approximate surface area is 240 Å². The Kier molecular flexibility index (Phi) is 8.94. The lowest BCUT2D eigenvalue weighted by Crippen LogP contribution is -2.40. The van der Waals surface area contributed by atoms with Crippen molar-refractivity contribution in [2.75, 3.05) is 27.9 Å². The van der Waals surface area contributed by atoms with E-state index in [9.17, 15) is 18.4 Å². The van der Waals surface area contributed by atoms with E-state index >= 15 is 0 Å². The van der Waals surface area contributed by atoms with Crippen molar-refractivity contribution in [1.29, 1.82) is 0 Å². The number of nitrogens with zero attached hydrogens (tertiary/aromatic N) is 2. The fourth-order valence-corrected chi connectivity index (χ4v) is 5.87. The van der Waals surface area contributed by atoms with Gasteiger partial charge in [-0.2, -0.15) is 8.78 Å². The van der Waals surface area contributed by atoms with Crippen molar-refractivity contribution in [2.24, 2.45) is 4.99 Å². The van der Waals surface area contributed by atoms with Crippen LogP contribution in [0.15, 0.2) is 55.9 Å².